The number of carbonyl (C=O) groups is 6. The molecule has 3 fully saturated rings. The molecule has 0 aromatic carbocycles. The summed E-state index contributed by atoms with van der Waals surface area (Å²) in [5.74, 6) is -3.07. The van der Waals surface area contributed by atoms with E-state index in [1.54, 1.807) is 11.8 Å². The van der Waals surface area contributed by atoms with Gasteiger partial charge in [0.05, 0.1) is 6.04 Å². The summed E-state index contributed by atoms with van der Waals surface area (Å²) in [5, 5.41) is 8.26. The minimum atomic E-state index is -1.10. The van der Waals surface area contributed by atoms with Gasteiger partial charge in [-0.1, -0.05) is 60.5 Å². The number of nitrogens with one attached hydrogen (secondary N) is 3. The quantitative estimate of drug-likeness (QED) is 0.193. The Bertz CT molecular complexity index is 1140. The van der Waals surface area contributed by atoms with E-state index in [1.165, 1.54) is 4.90 Å². The van der Waals surface area contributed by atoms with Gasteiger partial charge in [0.25, 0.3) is 5.91 Å². The molecule has 2 aliphatic heterocycles. The van der Waals surface area contributed by atoms with Gasteiger partial charge in [0.1, 0.15) is 18.1 Å². The first-order valence-corrected chi connectivity index (χ1v) is 16.0. The van der Waals surface area contributed by atoms with E-state index in [9.17, 15) is 28.8 Å². The number of ketones is 1. The minimum absolute atomic E-state index is 0.0396. The van der Waals surface area contributed by atoms with E-state index in [-0.39, 0.29) is 30.2 Å². The smallest absolute Gasteiger partial charge is 0.316 e. The van der Waals surface area contributed by atoms with Crippen molar-refractivity contribution in [1.82, 2.24) is 25.8 Å². The second kappa shape index (κ2) is 14.6. The number of carbonyl (C=O) groups excluding carboxylic acids is 6. The number of hydrogen-bond donors (Lipinski definition) is 4. The Morgan fingerprint density at radius 1 is 0.886 bits per heavy atom. The lowest BCUT2D eigenvalue weighted by molar-refractivity contribution is -0.144. The number of Topliss-reactive ketones (excluding diaryl/α,β-unsaturated/α-hetero) is 1. The van der Waals surface area contributed by atoms with Crippen LogP contribution in [0.1, 0.15) is 86.5 Å². The topological polar surface area (TPSA) is 171 Å². The van der Waals surface area contributed by atoms with Crippen LogP contribution < -0.4 is 21.7 Å². The van der Waals surface area contributed by atoms with Crippen molar-refractivity contribution in [3.8, 4) is 0 Å². The Kier molecular flexibility index (Phi) is 11.6. The predicted octanol–water partition coefficient (Wildman–Crippen LogP) is 1.87. The first kappa shape index (κ1) is 35.0. The fourth-order valence-corrected chi connectivity index (χ4v) is 6.45. The minimum Gasteiger partial charge on any atom is -0.363 e. The van der Waals surface area contributed by atoms with Crippen molar-refractivity contribution < 1.29 is 28.8 Å². The molecule has 0 bridgehead atoms. The first-order valence-electron chi connectivity index (χ1n) is 16.0. The summed E-state index contributed by atoms with van der Waals surface area (Å²) >= 11 is 0. The summed E-state index contributed by atoms with van der Waals surface area (Å²) in [6.45, 7) is 16.5. The molecular formula is C32H52N6O6. The fourth-order valence-electron chi connectivity index (χ4n) is 6.45. The molecule has 44 heavy (non-hydrogen) atoms. The second-order valence-electron chi connectivity index (χ2n) is 14.2. The van der Waals surface area contributed by atoms with Crippen LogP contribution in [0, 0.1) is 23.2 Å². The number of primary amides is 1. The Labute approximate surface area is 261 Å². The summed E-state index contributed by atoms with van der Waals surface area (Å²) in [6.07, 6.45) is 5.56. The molecule has 1 saturated carbocycles. The highest BCUT2D eigenvalue weighted by Gasteiger charge is 2.48. The molecule has 5 atom stereocenters. The molecule has 0 aromatic heterocycles. The van der Waals surface area contributed by atoms with Crippen LogP contribution in [0.4, 0.5) is 4.79 Å². The third-order valence-corrected chi connectivity index (χ3v) is 9.34. The van der Waals surface area contributed by atoms with Crippen molar-refractivity contribution in [1.29, 1.82) is 0 Å². The Balaban J connectivity index is 1.81. The van der Waals surface area contributed by atoms with Gasteiger partial charge in [0, 0.05) is 19.6 Å². The predicted molar refractivity (Wildman–Crippen MR) is 166 cm³/mol. The molecule has 12 nitrogen and oxygen atoms in total. The lowest BCUT2D eigenvalue weighted by Crippen LogP contribution is -2.62. The molecule has 246 valence electrons. The molecule has 3 aliphatic rings. The number of amides is 6. The molecular weight excluding hydrogens is 564 g/mol. The average molecular weight is 617 g/mol. The molecule has 12 heteroatoms. The highest BCUT2D eigenvalue weighted by molar-refractivity contribution is 6.37. The zero-order valence-electron chi connectivity index (χ0n) is 27.2. The molecule has 3 rings (SSSR count). The van der Waals surface area contributed by atoms with Gasteiger partial charge in [-0.15, -0.1) is 0 Å². The number of urea groups is 1. The van der Waals surface area contributed by atoms with Gasteiger partial charge in [0.2, 0.25) is 23.5 Å². The largest absolute Gasteiger partial charge is 0.363 e. The molecule has 0 aromatic rings. The Hall–Kier alpha value is -3.44. The Morgan fingerprint density at radius 3 is 1.98 bits per heavy atom. The average Bonchev–Trinajstić information content (AvgIpc) is 3.60. The third kappa shape index (κ3) is 8.38. The van der Waals surface area contributed by atoms with E-state index in [4.69, 9.17) is 5.73 Å². The van der Waals surface area contributed by atoms with E-state index >= 15 is 0 Å². The standard InChI is InChI=1S/C32H52N6O6/c1-18(2)21-13-16-38(24(21)28(41)34-22(25(39)27(33)40)17-20-11-10-12-20)30(43)26(32(5,6)7)36-31(44)35-23(19(3)4)29(42)37-14-8-9-15-37/h18,20-24,26H,3,8-17H2,1-2,4-7H3,(H2,33,40)(H,34,41)(H2,35,36,44)/t21-,22?,23+,24+,26-/m1/s1. The van der Waals surface area contributed by atoms with Crippen molar-refractivity contribution >= 4 is 35.4 Å². The van der Waals surface area contributed by atoms with E-state index in [1.807, 2.05) is 34.6 Å². The monoisotopic (exact) mass is 616 g/mol. The van der Waals surface area contributed by atoms with Gasteiger partial charge < -0.3 is 31.5 Å². The highest BCUT2D eigenvalue weighted by atomic mass is 16.2. The lowest BCUT2D eigenvalue weighted by Gasteiger charge is -2.37. The second-order valence-corrected chi connectivity index (χ2v) is 14.2. The maximum Gasteiger partial charge on any atom is 0.316 e. The summed E-state index contributed by atoms with van der Waals surface area (Å²) in [6, 6.07) is -4.61. The highest BCUT2D eigenvalue weighted by Crippen LogP contribution is 2.34. The van der Waals surface area contributed by atoms with Crippen molar-refractivity contribution in [3.63, 3.8) is 0 Å². The number of nitrogens with zero attached hydrogens (tertiary/aromatic N) is 2. The van der Waals surface area contributed by atoms with E-state index in [0.717, 1.165) is 32.1 Å². The van der Waals surface area contributed by atoms with Crippen LogP contribution in [0.15, 0.2) is 12.2 Å². The van der Waals surface area contributed by atoms with Crippen LogP contribution in [-0.2, 0) is 24.0 Å². The lowest BCUT2D eigenvalue weighted by atomic mass is 9.80. The van der Waals surface area contributed by atoms with Crippen LogP contribution in [0.5, 0.6) is 0 Å². The van der Waals surface area contributed by atoms with Crippen LogP contribution in [0.2, 0.25) is 0 Å². The van der Waals surface area contributed by atoms with Gasteiger partial charge in [0.15, 0.2) is 0 Å². The van der Waals surface area contributed by atoms with Crippen LogP contribution in [0.25, 0.3) is 0 Å². The van der Waals surface area contributed by atoms with Crippen LogP contribution >= 0.6 is 0 Å². The zero-order valence-corrected chi connectivity index (χ0v) is 27.2. The SMILES string of the molecule is C=C(C)[C@H](NC(=O)N[C@H](C(=O)N1CC[C@H](C(C)C)[C@H]1C(=O)NC(CC1CCC1)C(=O)C(N)=O)C(C)(C)C)C(=O)N1CCCC1. The first-order chi connectivity index (χ1) is 20.5. The normalized spacial score (nSPS) is 22.5. The van der Waals surface area contributed by atoms with E-state index < -0.39 is 59.1 Å². The molecule has 6 amide bonds. The summed E-state index contributed by atoms with van der Waals surface area (Å²) in [5.41, 5.74) is 5.04. The van der Waals surface area contributed by atoms with Gasteiger partial charge in [-0.25, -0.2) is 4.79 Å². The van der Waals surface area contributed by atoms with Crippen molar-refractivity contribution in [2.45, 2.75) is 111 Å². The number of hydrogen-bond acceptors (Lipinski definition) is 6. The number of likely N-dealkylation sites (tertiary alicyclic amines) is 2. The molecule has 2 heterocycles. The van der Waals surface area contributed by atoms with Crippen LogP contribution in [-0.4, -0.2) is 89.0 Å². The zero-order chi connectivity index (χ0) is 32.9. The fraction of sp³-hybridized carbons (Fsp3) is 0.750. The van der Waals surface area contributed by atoms with E-state index in [2.05, 4.69) is 22.5 Å². The number of rotatable bonds is 12. The number of nitrogens with two attached hydrogens (primary N) is 1. The van der Waals surface area contributed by atoms with Crippen molar-refractivity contribution in [3.05, 3.63) is 12.2 Å². The Morgan fingerprint density at radius 2 is 1.50 bits per heavy atom. The molecule has 1 aliphatic carbocycles. The van der Waals surface area contributed by atoms with Gasteiger partial charge in [-0.2, -0.15) is 0 Å². The van der Waals surface area contributed by atoms with E-state index in [0.29, 0.717) is 31.5 Å². The van der Waals surface area contributed by atoms with Gasteiger partial charge >= 0.3 is 6.03 Å². The van der Waals surface area contributed by atoms with Crippen LogP contribution in [0.3, 0.4) is 0 Å². The summed E-state index contributed by atoms with van der Waals surface area (Å²) in [4.78, 5) is 82.1. The molecule has 5 N–H and O–H groups in total. The van der Waals surface area contributed by atoms with Gasteiger partial charge in [-0.3, -0.25) is 24.0 Å². The molecule has 2 saturated heterocycles. The molecule has 0 radical (unpaired) electrons. The maximum atomic E-state index is 14.2. The third-order valence-electron chi connectivity index (χ3n) is 9.34. The summed E-state index contributed by atoms with van der Waals surface area (Å²) < 4.78 is 0. The molecule has 1 unspecified atom stereocenters. The van der Waals surface area contributed by atoms with Crippen molar-refractivity contribution in [2.24, 2.45) is 28.9 Å². The summed E-state index contributed by atoms with van der Waals surface area (Å²) in [7, 11) is 0. The van der Waals surface area contributed by atoms with Gasteiger partial charge in [-0.05, 0) is 61.3 Å². The molecule has 0 spiro atoms. The maximum absolute atomic E-state index is 14.2. The van der Waals surface area contributed by atoms with Crippen molar-refractivity contribution in [2.75, 3.05) is 19.6 Å².